The summed E-state index contributed by atoms with van der Waals surface area (Å²) >= 11 is 1.65. The molecule has 0 saturated carbocycles. The predicted molar refractivity (Wildman–Crippen MR) is 81.1 cm³/mol. The fourth-order valence-corrected chi connectivity index (χ4v) is 2.31. The van der Waals surface area contributed by atoms with Gasteiger partial charge in [0, 0.05) is 18.8 Å². The van der Waals surface area contributed by atoms with E-state index >= 15 is 0 Å². The van der Waals surface area contributed by atoms with Crippen LogP contribution in [0.15, 0.2) is 27.4 Å². The number of aromatic nitrogens is 1. The Kier molecular flexibility index (Phi) is 4.51. The summed E-state index contributed by atoms with van der Waals surface area (Å²) in [6.07, 6.45) is 2.59. The first-order chi connectivity index (χ1) is 9.52. The first kappa shape index (κ1) is 14.7. The number of fused-ring (bicyclic) bond motifs is 1. The number of nitrogens with one attached hydrogen (secondary N) is 1. The Labute approximate surface area is 120 Å². The molecule has 0 spiro atoms. The number of carbonyl (C=O) groups is 1. The number of nitrogens with two attached hydrogens (primary N) is 1. The van der Waals surface area contributed by atoms with Crippen molar-refractivity contribution in [1.29, 1.82) is 0 Å². The minimum atomic E-state index is -0.541. The Bertz CT molecular complexity index is 677. The first-order valence-electron chi connectivity index (χ1n) is 6.18. The molecule has 2 aromatic rings. The van der Waals surface area contributed by atoms with Crippen LogP contribution in [0.1, 0.15) is 6.42 Å². The molecule has 6 nitrogen and oxygen atoms in total. The molecule has 0 bridgehead atoms. The maximum Gasteiger partial charge on any atom is 0.419 e. The molecule has 3 N–H and O–H groups in total. The van der Waals surface area contributed by atoms with Crippen LogP contribution in [-0.2, 0) is 11.8 Å². The third kappa shape index (κ3) is 3.05. The lowest BCUT2D eigenvalue weighted by Gasteiger charge is -2.11. The van der Waals surface area contributed by atoms with Crippen molar-refractivity contribution in [1.82, 2.24) is 4.57 Å². The molecule has 1 aromatic heterocycles. The molecule has 0 aliphatic heterocycles. The number of hydrogen-bond acceptors (Lipinski definition) is 5. The van der Waals surface area contributed by atoms with Gasteiger partial charge in [0.1, 0.15) is 0 Å². The van der Waals surface area contributed by atoms with Crippen molar-refractivity contribution in [2.24, 2.45) is 12.8 Å². The number of aryl methyl sites for hydroxylation is 1. The van der Waals surface area contributed by atoms with Crippen LogP contribution < -0.4 is 16.8 Å². The molecule has 1 amide bonds. The van der Waals surface area contributed by atoms with Gasteiger partial charge in [0.25, 0.3) is 0 Å². The van der Waals surface area contributed by atoms with Crippen LogP contribution in [0.3, 0.4) is 0 Å². The topological polar surface area (TPSA) is 90.3 Å². The fourth-order valence-electron chi connectivity index (χ4n) is 1.82. The predicted octanol–water partition coefficient (Wildman–Crippen LogP) is 1.15. The lowest BCUT2D eigenvalue weighted by atomic mass is 10.2. The molecular formula is C13H17N3O3S. The number of oxazole rings is 1. The van der Waals surface area contributed by atoms with Crippen LogP contribution >= 0.6 is 11.8 Å². The van der Waals surface area contributed by atoms with Gasteiger partial charge in [0.2, 0.25) is 5.91 Å². The van der Waals surface area contributed by atoms with E-state index in [1.165, 1.54) is 4.57 Å². The van der Waals surface area contributed by atoms with Crippen molar-refractivity contribution in [3.05, 3.63) is 28.7 Å². The van der Waals surface area contributed by atoms with E-state index in [1.54, 1.807) is 37.0 Å². The largest absolute Gasteiger partial charge is 0.419 e. The standard InChI is InChI=1S/C13H17N3O3S/c1-16-10-4-3-8(7-11(10)19-13(16)18)15-12(17)9(14)5-6-20-2/h3-4,7,9H,5-6,14H2,1-2H3,(H,15,17)/t9-/m0/s1. The molecule has 1 atom stereocenters. The molecule has 20 heavy (non-hydrogen) atoms. The van der Waals surface area contributed by atoms with Crippen molar-refractivity contribution in [3.63, 3.8) is 0 Å². The van der Waals surface area contributed by atoms with E-state index in [-0.39, 0.29) is 5.91 Å². The molecule has 0 aliphatic rings. The molecule has 0 unspecified atom stereocenters. The summed E-state index contributed by atoms with van der Waals surface area (Å²) in [6.45, 7) is 0. The van der Waals surface area contributed by atoms with E-state index in [4.69, 9.17) is 10.2 Å². The molecular weight excluding hydrogens is 278 g/mol. The minimum absolute atomic E-state index is 0.239. The summed E-state index contributed by atoms with van der Waals surface area (Å²) in [6, 6.07) is 4.52. The molecule has 7 heteroatoms. The van der Waals surface area contributed by atoms with Gasteiger partial charge in [-0.2, -0.15) is 11.8 Å². The van der Waals surface area contributed by atoms with E-state index in [1.807, 2.05) is 6.26 Å². The summed E-state index contributed by atoms with van der Waals surface area (Å²) in [7, 11) is 1.63. The zero-order valence-electron chi connectivity index (χ0n) is 11.4. The Morgan fingerprint density at radius 2 is 2.30 bits per heavy atom. The number of rotatable bonds is 5. The number of hydrogen-bond donors (Lipinski definition) is 2. The van der Waals surface area contributed by atoms with Crippen molar-refractivity contribution in [2.75, 3.05) is 17.3 Å². The summed E-state index contributed by atoms with van der Waals surface area (Å²) in [5.41, 5.74) is 7.47. The Balaban J connectivity index is 2.14. The van der Waals surface area contributed by atoms with Crippen LogP contribution in [0.2, 0.25) is 0 Å². The maximum atomic E-state index is 11.9. The molecule has 108 valence electrons. The van der Waals surface area contributed by atoms with E-state index in [2.05, 4.69) is 5.32 Å². The van der Waals surface area contributed by atoms with Gasteiger partial charge in [0.05, 0.1) is 11.6 Å². The van der Waals surface area contributed by atoms with Crippen LogP contribution in [0, 0.1) is 0 Å². The third-order valence-electron chi connectivity index (χ3n) is 3.03. The third-order valence-corrected chi connectivity index (χ3v) is 3.67. The highest BCUT2D eigenvalue weighted by Crippen LogP contribution is 2.18. The van der Waals surface area contributed by atoms with Crippen LogP contribution in [-0.4, -0.2) is 28.5 Å². The number of amides is 1. The monoisotopic (exact) mass is 295 g/mol. The van der Waals surface area contributed by atoms with E-state index < -0.39 is 11.8 Å². The van der Waals surface area contributed by atoms with Gasteiger partial charge in [-0.05, 0) is 30.6 Å². The van der Waals surface area contributed by atoms with Crippen LogP contribution in [0.25, 0.3) is 11.1 Å². The average molecular weight is 295 g/mol. The second kappa shape index (κ2) is 6.15. The van der Waals surface area contributed by atoms with E-state index in [9.17, 15) is 9.59 Å². The molecule has 0 radical (unpaired) electrons. The van der Waals surface area contributed by atoms with E-state index in [0.29, 0.717) is 23.2 Å². The highest BCUT2D eigenvalue weighted by Gasteiger charge is 2.14. The molecule has 0 fully saturated rings. The molecule has 2 rings (SSSR count). The maximum absolute atomic E-state index is 11.9. The smallest absolute Gasteiger partial charge is 0.408 e. The molecule has 0 saturated heterocycles. The lowest BCUT2D eigenvalue weighted by Crippen LogP contribution is -2.36. The van der Waals surface area contributed by atoms with Gasteiger partial charge < -0.3 is 15.5 Å². The Morgan fingerprint density at radius 1 is 1.55 bits per heavy atom. The van der Waals surface area contributed by atoms with Crippen LogP contribution in [0.4, 0.5) is 5.69 Å². The Hall–Kier alpha value is -1.73. The molecule has 0 aliphatic carbocycles. The quantitative estimate of drug-likeness (QED) is 0.863. The van der Waals surface area contributed by atoms with Gasteiger partial charge >= 0.3 is 5.76 Å². The number of thioether (sulfide) groups is 1. The summed E-state index contributed by atoms with van der Waals surface area (Å²) in [5.74, 6) is 0.165. The van der Waals surface area contributed by atoms with Gasteiger partial charge in [-0.3, -0.25) is 9.36 Å². The first-order valence-corrected chi connectivity index (χ1v) is 7.57. The highest BCUT2D eigenvalue weighted by atomic mass is 32.2. The Morgan fingerprint density at radius 3 is 3.00 bits per heavy atom. The number of nitrogens with zero attached hydrogens (tertiary/aromatic N) is 1. The second-order valence-electron chi connectivity index (χ2n) is 4.49. The van der Waals surface area contributed by atoms with Crippen molar-refractivity contribution >= 4 is 34.5 Å². The SMILES string of the molecule is CSCC[C@H](N)C(=O)Nc1ccc2c(c1)oc(=O)n2C. The lowest BCUT2D eigenvalue weighted by molar-refractivity contribution is -0.117. The normalized spacial score (nSPS) is 12.6. The number of benzene rings is 1. The summed E-state index contributed by atoms with van der Waals surface area (Å²) in [4.78, 5) is 23.3. The minimum Gasteiger partial charge on any atom is -0.408 e. The molecule has 1 aromatic carbocycles. The van der Waals surface area contributed by atoms with Gasteiger partial charge in [0.15, 0.2) is 5.58 Å². The van der Waals surface area contributed by atoms with Crippen LogP contribution in [0.5, 0.6) is 0 Å². The van der Waals surface area contributed by atoms with Gasteiger partial charge in [-0.1, -0.05) is 0 Å². The summed E-state index contributed by atoms with van der Waals surface area (Å²) in [5, 5.41) is 2.73. The average Bonchev–Trinajstić information content (AvgIpc) is 2.71. The van der Waals surface area contributed by atoms with Crippen molar-refractivity contribution < 1.29 is 9.21 Å². The summed E-state index contributed by atoms with van der Waals surface area (Å²) < 4.78 is 6.48. The zero-order valence-corrected chi connectivity index (χ0v) is 12.2. The molecule has 1 heterocycles. The number of anilines is 1. The van der Waals surface area contributed by atoms with E-state index in [0.717, 1.165) is 5.75 Å². The highest BCUT2D eigenvalue weighted by molar-refractivity contribution is 7.98. The zero-order chi connectivity index (χ0) is 14.7. The number of carbonyl (C=O) groups excluding carboxylic acids is 1. The van der Waals surface area contributed by atoms with Gasteiger partial charge in [-0.25, -0.2) is 4.79 Å². The van der Waals surface area contributed by atoms with Gasteiger partial charge in [-0.15, -0.1) is 0 Å². The van der Waals surface area contributed by atoms with Crippen molar-refractivity contribution in [3.8, 4) is 0 Å². The fraction of sp³-hybridized carbons (Fsp3) is 0.385. The second-order valence-corrected chi connectivity index (χ2v) is 5.47. The van der Waals surface area contributed by atoms with Crippen molar-refractivity contribution in [2.45, 2.75) is 12.5 Å².